The van der Waals surface area contributed by atoms with Crippen LogP contribution in [0.1, 0.15) is 20.8 Å². The highest BCUT2D eigenvalue weighted by Crippen LogP contribution is 2.02. The number of hydrogen-bond donors (Lipinski definition) is 1. The van der Waals surface area contributed by atoms with Gasteiger partial charge in [0, 0.05) is 6.61 Å². The molecule has 0 saturated carbocycles. The van der Waals surface area contributed by atoms with Crippen molar-refractivity contribution in [2.24, 2.45) is 0 Å². The number of alkyl halides is 1. The van der Waals surface area contributed by atoms with Crippen LogP contribution < -0.4 is 0 Å². The summed E-state index contributed by atoms with van der Waals surface area (Å²) in [5, 5.41) is 9.40. The average Bonchev–Trinajstić information content (AvgIpc) is 2.13. The van der Waals surface area contributed by atoms with Crippen LogP contribution in [0.4, 0.5) is 0 Å². The highest BCUT2D eigenvalue weighted by atomic mass is 35.5. The highest BCUT2D eigenvalue weighted by Gasteiger charge is 2.13. The van der Waals surface area contributed by atoms with Gasteiger partial charge in [-0.25, -0.2) is 0 Å². The van der Waals surface area contributed by atoms with Crippen molar-refractivity contribution in [3.05, 3.63) is 0 Å². The summed E-state index contributed by atoms with van der Waals surface area (Å²) in [6.07, 6.45) is -0.268. The van der Waals surface area contributed by atoms with Crippen molar-refractivity contribution in [3.63, 3.8) is 0 Å². The minimum absolute atomic E-state index is 0.0843. The summed E-state index contributed by atoms with van der Waals surface area (Å²) in [4.78, 5) is 0. The van der Waals surface area contributed by atoms with E-state index in [9.17, 15) is 5.11 Å². The molecule has 0 fully saturated rings. The van der Waals surface area contributed by atoms with E-state index in [4.69, 9.17) is 21.1 Å². The molecule has 82 valence electrons. The van der Waals surface area contributed by atoms with Gasteiger partial charge in [0.05, 0.1) is 5.88 Å². The van der Waals surface area contributed by atoms with Crippen LogP contribution >= 0.6 is 11.6 Å². The SMILES string of the molecule is CCOC(C)OCC#CC(C)(O)CCl. The number of hydrogen-bond acceptors (Lipinski definition) is 3. The minimum atomic E-state index is -1.14. The maximum absolute atomic E-state index is 9.40. The molecule has 0 saturated heterocycles. The molecule has 0 aromatic heterocycles. The first kappa shape index (κ1) is 13.7. The number of rotatable bonds is 5. The van der Waals surface area contributed by atoms with Gasteiger partial charge in [-0.1, -0.05) is 11.8 Å². The van der Waals surface area contributed by atoms with Crippen LogP contribution in [0, 0.1) is 11.8 Å². The van der Waals surface area contributed by atoms with Gasteiger partial charge in [-0.15, -0.1) is 11.6 Å². The summed E-state index contributed by atoms with van der Waals surface area (Å²) in [7, 11) is 0. The maximum atomic E-state index is 9.40. The Bertz CT molecular complexity index is 205. The first-order chi connectivity index (χ1) is 6.52. The number of halogens is 1. The molecule has 0 bridgehead atoms. The fourth-order valence-electron chi connectivity index (χ4n) is 0.702. The molecule has 0 spiro atoms. The normalized spacial score (nSPS) is 16.6. The van der Waals surface area contributed by atoms with E-state index in [-0.39, 0.29) is 18.8 Å². The lowest BCUT2D eigenvalue weighted by atomic mass is 10.1. The fraction of sp³-hybridized carbons (Fsp3) is 0.800. The summed E-state index contributed by atoms with van der Waals surface area (Å²) in [6.45, 7) is 6.08. The van der Waals surface area contributed by atoms with Gasteiger partial charge in [-0.3, -0.25) is 0 Å². The average molecular weight is 221 g/mol. The van der Waals surface area contributed by atoms with Crippen molar-refractivity contribution in [2.75, 3.05) is 19.1 Å². The Morgan fingerprint density at radius 3 is 2.64 bits per heavy atom. The molecule has 0 radical (unpaired) electrons. The quantitative estimate of drug-likeness (QED) is 0.432. The van der Waals surface area contributed by atoms with Crippen LogP contribution in [0.2, 0.25) is 0 Å². The molecule has 0 aromatic rings. The summed E-state index contributed by atoms with van der Waals surface area (Å²) in [6, 6.07) is 0. The van der Waals surface area contributed by atoms with E-state index in [1.165, 1.54) is 0 Å². The third kappa shape index (κ3) is 7.16. The van der Waals surface area contributed by atoms with Gasteiger partial charge in [-0.05, 0) is 20.8 Å². The molecule has 14 heavy (non-hydrogen) atoms. The molecule has 1 N–H and O–H groups in total. The zero-order valence-corrected chi connectivity index (χ0v) is 9.60. The van der Waals surface area contributed by atoms with E-state index in [1.54, 1.807) is 13.8 Å². The van der Waals surface area contributed by atoms with Crippen molar-refractivity contribution in [1.29, 1.82) is 0 Å². The van der Waals surface area contributed by atoms with E-state index >= 15 is 0 Å². The summed E-state index contributed by atoms with van der Waals surface area (Å²) >= 11 is 5.47. The topological polar surface area (TPSA) is 38.7 Å². The van der Waals surface area contributed by atoms with Gasteiger partial charge < -0.3 is 14.6 Å². The van der Waals surface area contributed by atoms with Crippen LogP contribution in [-0.2, 0) is 9.47 Å². The van der Waals surface area contributed by atoms with Crippen LogP contribution in [0.5, 0.6) is 0 Å². The molecule has 0 aromatic carbocycles. The van der Waals surface area contributed by atoms with E-state index in [2.05, 4.69) is 11.8 Å². The van der Waals surface area contributed by atoms with Gasteiger partial charge in [-0.2, -0.15) is 0 Å². The molecule has 2 unspecified atom stereocenters. The van der Waals surface area contributed by atoms with Crippen LogP contribution in [-0.4, -0.2) is 36.1 Å². The molecular weight excluding hydrogens is 204 g/mol. The first-order valence-corrected chi connectivity index (χ1v) is 5.07. The molecule has 0 amide bonds. The molecule has 0 rings (SSSR count). The molecule has 0 aliphatic heterocycles. The van der Waals surface area contributed by atoms with Crippen LogP contribution in [0.15, 0.2) is 0 Å². The Morgan fingerprint density at radius 1 is 1.50 bits per heavy atom. The molecular formula is C10H17ClO3. The second-order valence-electron chi connectivity index (χ2n) is 3.04. The van der Waals surface area contributed by atoms with Crippen molar-refractivity contribution in [1.82, 2.24) is 0 Å². The van der Waals surface area contributed by atoms with Crippen LogP contribution in [0.3, 0.4) is 0 Å². The molecule has 0 heterocycles. The molecule has 0 aliphatic rings. The van der Waals surface area contributed by atoms with E-state index in [0.29, 0.717) is 6.61 Å². The lowest BCUT2D eigenvalue weighted by Gasteiger charge is -2.12. The molecule has 3 nitrogen and oxygen atoms in total. The summed E-state index contributed by atoms with van der Waals surface area (Å²) in [5.41, 5.74) is -1.14. The Labute approximate surface area is 90.3 Å². The minimum Gasteiger partial charge on any atom is -0.377 e. The fourth-order valence-corrected chi connectivity index (χ4v) is 0.769. The number of aliphatic hydroxyl groups is 1. The smallest absolute Gasteiger partial charge is 0.156 e. The third-order valence-corrected chi connectivity index (χ3v) is 1.93. The Balaban J connectivity index is 3.72. The van der Waals surface area contributed by atoms with Crippen molar-refractivity contribution in [3.8, 4) is 11.8 Å². The Morgan fingerprint density at radius 2 is 2.14 bits per heavy atom. The van der Waals surface area contributed by atoms with Gasteiger partial charge in [0.1, 0.15) is 12.2 Å². The highest BCUT2D eigenvalue weighted by molar-refractivity contribution is 6.18. The van der Waals surface area contributed by atoms with Gasteiger partial charge in [0.2, 0.25) is 0 Å². The van der Waals surface area contributed by atoms with Crippen molar-refractivity contribution in [2.45, 2.75) is 32.7 Å². The maximum Gasteiger partial charge on any atom is 0.156 e. The van der Waals surface area contributed by atoms with Crippen LogP contribution in [0.25, 0.3) is 0 Å². The molecule has 2 atom stereocenters. The Hall–Kier alpha value is -0.270. The summed E-state index contributed by atoms with van der Waals surface area (Å²) < 4.78 is 10.3. The van der Waals surface area contributed by atoms with E-state index in [0.717, 1.165) is 0 Å². The van der Waals surface area contributed by atoms with E-state index < -0.39 is 5.60 Å². The second-order valence-corrected chi connectivity index (χ2v) is 3.31. The summed E-state index contributed by atoms with van der Waals surface area (Å²) in [5.74, 6) is 5.36. The monoisotopic (exact) mass is 220 g/mol. The predicted octanol–water partition coefficient (Wildman–Crippen LogP) is 1.38. The Kier molecular flexibility index (Phi) is 6.94. The lowest BCUT2D eigenvalue weighted by molar-refractivity contribution is -0.117. The lowest BCUT2D eigenvalue weighted by Crippen LogP contribution is -2.23. The van der Waals surface area contributed by atoms with Gasteiger partial charge >= 0.3 is 0 Å². The number of ether oxygens (including phenoxy) is 2. The first-order valence-electron chi connectivity index (χ1n) is 4.53. The van der Waals surface area contributed by atoms with Gasteiger partial charge in [0.25, 0.3) is 0 Å². The van der Waals surface area contributed by atoms with E-state index in [1.807, 2.05) is 6.92 Å². The van der Waals surface area contributed by atoms with Crippen molar-refractivity contribution < 1.29 is 14.6 Å². The van der Waals surface area contributed by atoms with Gasteiger partial charge in [0.15, 0.2) is 6.29 Å². The third-order valence-electron chi connectivity index (χ3n) is 1.41. The zero-order chi connectivity index (χ0) is 11.0. The molecule has 0 aliphatic carbocycles. The molecule has 4 heteroatoms. The predicted molar refractivity (Wildman–Crippen MR) is 56.2 cm³/mol. The zero-order valence-electron chi connectivity index (χ0n) is 8.84. The largest absolute Gasteiger partial charge is 0.377 e. The van der Waals surface area contributed by atoms with Crippen molar-refractivity contribution >= 4 is 11.6 Å². The second kappa shape index (κ2) is 7.08. The standard InChI is InChI=1S/C10H17ClO3/c1-4-13-9(2)14-7-5-6-10(3,12)8-11/h9,12H,4,7-8H2,1-3H3.